The van der Waals surface area contributed by atoms with Crippen LogP contribution in [0.25, 0.3) is 6.08 Å². The number of nitrogens with zero attached hydrogens (tertiary/aromatic N) is 2. The number of rotatable bonds is 6. The Morgan fingerprint density at radius 1 is 1.37 bits per heavy atom. The normalized spacial score (nSPS) is 15.2. The van der Waals surface area contributed by atoms with Gasteiger partial charge in [-0.05, 0) is 65.6 Å². The van der Waals surface area contributed by atoms with Gasteiger partial charge < -0.3 is 10.2 Å². The van der Waals surface area contributed by atoms with E-state index in [9.17, 15) is 9.59 Å². The van der Waals surface area contributed by atoms with E-state index >= 15 is 0 Å². The number of hydrogen-bond donors (Lipinski definition) is 1. The summed E-state index contributed by atoms with van der Waals surface area (Å²) in [5.74, 6) is 0.384. The largest absolute Gasteiger partial charge is 0.352 e. The minimum absolute atomic E-state index is 0.0497. The summed E-state index contributed by atoms with van der Waals surface area (Å²) >= 11 is 3.10. The molecule has 3 heterocycles. The molecule has 0 aliphatic carbocycles. The van der Waals surface area contributed by atoms with Gasteiger partial charge in [0, 0.05) is 31.9 Å². The number of pyridine rings is 1. The minimum Gasteiger partial charge on any atom is -0.352 e. The molecule has 1 N–H and O–H groups in total. The van der Waals surface area contributed by atoms with Crippen LogP contribution in [0.4, 0.5) is 0 Å². The Hall–Kier alpha value is -2.12. The number of amides is 2. The molecule has 1 fully saturated rings. The number of thiophene rings is 1. The van der Waals surface area contributed by atoms with Gasteiger partial charge in [-0.25, -0.2) is 4.98 Å². The highest BCUT2D eigenvalue weighted by Crippen LogP contribution is 2.22. The van der Waals surface area contributed by atoms with Gasteiger partial charge in [-0.15, -0.1) is 11.8 Å². The number of piperidine rings is 1. The predicted octanol–water partition coefficient (Wildman–Crippen LogP) is 3.55. The van der Waals surface area contributed by atoms with Crippen LogP contribution in [-0.2, 0) is 4.79 Å². The van der Waals surface area contributed by atoms with Gasteiger partial charge in [0.15, 0.2) is 0 Å². The van der Waals surface area contributed by atoms with Crippen molar-refractivity contribution >= 4 is 41.0 Å². The first-order valence-electron chi connectivity index (χ1n) is 8.93. The van der Waals surface area contributed by atoms with Gasteiger partial charge in [-0.1, -0.05) is 0 Å². The molecule has 1 aliphatic heterocycles. The van der Waals surface area contributed by atoms with E-state index in [1.165, 1.54) is 11.8 Å². The molecule has 2 amide bonds. The van der Waals surface area contributed by atoms with Crippen LogP contribution < -0.4 is 5.32 Å². The standard InChI is InChI=1S/C20H23N3O2S2/c1-26-19-17(3-2-9-21-19)20(25)23-10-6-15(7-11-23)13-22-18(24)5-4-16-8-12-27-14-16/h2-5,8-9,12,14-15H,6-7,10-11,13H2,1H3,(H,22,24). The monoisotopic (exact) mass is 401 g/mol. The fraction of sp³-hybridized carbons (Fsp3) is 0.350. The second-order valence-electron chi connectivity index (χ2n) is 6.43. The summed E-state index contributed by atoms with van der Waals surface area (Å²) in [6, 6.07) is 5.62. The van der Waals surface area contributed by atoms with Crippen molar-refractivity contribution in [3.05, 3.63) is 52.4 Å². The SMILES string of the molecule is CSc1ncccc1C(=O)N1CCC(CNC(=O)C=Cc2ccsc2)CC1. The van der Waals surface area contributed by atoms with Crippen molar-refractivity contribution in [1.82, 2.24) is 15.2 Å². The first kappa shape index (κ1) is 19.6. The lowest BCUT2D eigenvalue weighted by atomic mass is 9.96. The molecule has 0 saturated carbocycles. The smallest absolute Gasteiger partial charge is 0.256 e. The Kier molecular flexibility index (Phi) is 7.06. The average molecular weight is 402 g/mol. The molecule has 5 nitrogen and oxygen atoms in total. The summed E-state index contributed by atoms with van der Waals surface area (Å²) in [4.78, 5) is 30.9. The van der Waals surface area contributed by atoms with E-state index in [4.69, 9.17) is 0 Å². The maximum atomic E-state index is 12.7. The summed E-state index contributed by atoms with van der Waals surface area (Å²) < 4.78 is 0. The zero-order chi connectivity index (χ0) is 19.1. The minimum atomic E-state index is -0.0697. The Morgan fingerprint density at radius 3 is 2.89 bits per heavy atom. The van der Waals surface area contributed by atoms with E-state index in [2.05, 4.69) is 10.3 Å². The summed E-state index contributed by atoms with van der Waals surface area (Å²) in [5, 5.41) is 7.73. The third-order valence-corrected chi connectivity index (χ3v) is 6.05. The molecule has 27 heavy (non-hydrogen) atoms. The molecule has 1 saturated heterocycles. The van der Waals surface area contributed by atoms with Gasteiger partial charge in [-0.3, -0.25) is 9.59 Å². The number of thioether (sulfide) groups is 1. The fourth-order valence-electron chi connectivity index (χ4n) is 3.07. The van der Waals surface area contributed by atoms with Crippen LogP contribution in [0.3, 0.4) is 0 Å². The van der Waals surface area contributed by atoms with Crippen LogP contribution in [0.2, 0.25) is 0 Å². The van der Waals surface area contributed by atoms with Crippen molar-refractivity contribution in [1.29, 1.82) is 0 Å². The van der Waals surface area contributed by atoms with Crippen LogP contribution in [0.1, 0.15) is 28.8 Å². The molecule has 0 radical (unpaired) electrons. The molecule has 0 unspecified atom stereocenters. The molecule has 2 aromatic heterocycles. The van der Waals surface area contributed by atoms with E-state index in [1.54, 1.807) is 29.7 Å². The van der Waals surface area contributed by atoms with Gasteiger partial charge >= 0.3 is 0 Å². The molecular weight excluding hydrogens is 378 g/mol. The quantitative estimate of drug-likeness (QED) is 0.594. The number of hydrogen-bond acceptors (Lipinski definition) is 5. The van der Waals surface area contributed by atoms with Crippen LogP contribution in [-0.4, -0.2) is 47.6 Å². The molecule has 0 spiro atoms. The lowest BCUT2D eigenvalue weighted by molar-refractivity contribution is -0.116. The number of carbonyl (C=O) groups is 2. The van der Waals surface area contributed by atoms with Gasteiger partial charge in [-0.2, -0.15) is 11.3 Å². The van der Waals surface area contributed by atoms with E-state index in [0.29, 0.717) is 31.1 Å². The van der Waals surface area contributed by atoms with Crippen molar-refractivity contribution in [2.45, 2.75) is 17.9 Å². The molecule has 0 bridgehead atoms. The lowest BCUT2D eigenvalue weighted by Gasteiger charge is -2.32. The lowest BCUT2D eigenvalue weighted by Crippen LogP contribution is -2.41. The number of aromatic nitrogens is 1. The summed E-state index contributed by atoms with van der Waals surface area (Å²) in [5.41, 5.74) is 1.72. The van der Waals surface area contributed by atoms with Crippen LogP contribution in [0.15, 0.2) is 46.3 Å². The molecule has 1 aliphatic rings. The Bertz CT molecular complexity index is 797. The third-order valence-electron chi connectivity index (χ3n) is 4.63. The van der Waals surface area contributed by atoms with Gasteiger partial charge in [0.1, 0.15) is 5.03 Å². The second-order valence-corrected chi connectivity index (χ2v) is 8.01. The van der Waals surface area contributed by atoms with Gasteiger partial charge in [0.05, 0.1) is 5.56 Å². The highest BCUT2D eigenvalue weighted by atomic mass is 32.2. The third kappa shape index (κ3) is 5.43. The topological polar surface area (TPSA) is 62.3 Å². The highest BCUT2D eigenvalue weighted by molar-refractivity contribution is 7.98. The van der Waals surface area contributed by atoms with Crippen LogP contribution in [0, 0.1) is 5.92 Å². The Balaban J connectivity index is 1.45. The van der Waals surface area contributed by atoms with Crippen molar-refractivity contribution in [3.8, 4) is 0 Å². The number of carbonyl (C=O) groups excluding carboxylic acids is 2. The van der Waals surface area contributed by atoms with E-state index in [0.717, 1.165) is 23.4 Å². The van der Waals surface area contributed by atoms with Crippen molar-refractivity contribution in [3.63, 3.8) is 0 Å². The van der Waals surface area contributed by atoms with Crippen molar-refractivity contribution in [2.75, 3.05) is 25.9 Å². The molecule has 3 rings (SSSR count). The molecule has 142 valence electrons. The fourth-order valence-corrected chi connectivity index (χ4v) is 4.24. The number of likely N-dealkylation sites (tertiary alicyclic amines) is 1. The first-order valence-corrected chi connectivity index (χ1v) is 11.1. The molecule has 7 heteroatoms. The molecule has 2 aromatic rings. The molecule has 0 aromatic carbocycles. The van der Waals surface area contributed by atoms with E-state index in [-0.39, 0.29) is 11.8 Å². The first-order chi connectivity index (χ1) is 13.2. The molecule has 0 atom stereocenters. The maximum Gasteiger partial charge on any atom is 0.256 e. The summed E-state index contributed by atoms with van der Waals surface area (Å²) in [7, 11) is 0. The Labute approximate surface area is 167 Å². The summed E-state index contributed by atoms with van der Waals surface area (Å²) in [6.45, 7) is 2.08. The van der Waals surface area contributed by atoms with Crippen molar-refractivity contribution < 1.29 is 9.59 Å². The number of nitrogens with one attached hydrogen (secondary N) is 1. The zero-order valence-corrected chi connectivity index (χ0v) is 16.9. The van der Waals surface area contributed by atoms with Gasteiger partial charge in [0.25, 0.3) is 5.91 Å². The van der Waals surface area contributed by atoms with E-state index in [1.807, 2.05) is 40.1 Å². The average Bonchev–Trinajstić information content (AvgIpc) is 3.24. The van der Waals surface area contributed by atoms with Crippen LogP contribution >= 0.6 is 23.1 Å². The highest BCUT2D eigenvalue weighted by Gasteiger charge is 2.25. The van der Waals surface area contributed by atoms with Crippen molar-refractivity contribution in [2.24, 2.45) is 5.92 Å². The van der Waals surface area contributed by atoms with Gasteiger partial charge in [0.2, 0.25) is 5.91 Å². The van der Waals surface area contributed by atoms with Crippen LogP contribution in [0.5, 0.6) is 0 Å². The predicted molar refractivity (Wildman–Crippen MR) is 111 cm³/mol. The zero-order valence-electron chi connectivity index (χ0n) is 15.3. The molecular formula is C20H23N3O2S2. The Morgan fingerprint density at radius 2 is 2.19 bits per heavy atom. The summed E-state index contributed by atoms with van der Waals surface area (Å²) in [6.07, 6.45) is 8.84. The second kappa shape index (κ2) is 9.71. The van der Waals surface area contributed by atoms with E-state index < -0.39 is 0 Å². The maximum absolute atomic E-state index is 12.7.